The van der Waals surface area contributed by atoms with E-state index in [0.29, 0.717) is 11.1 Å². The summed E-state index contributed by atoms with van der Waals surface area (Å²) in [5.41, 5.74) is 1.14. The molecule has 144 valence electrons. The van der Waals surface area contributed by atoms with E-state index in [2.05, 4.69) is 59.3 Å². The third-order valence-electron chi connectivity index (χ3n) is 4.61. The van der Waals surface area contributed by atoms with Gasteiger partial charge in [0, 0.05) is 19.5 Å². The van der Waals surface area contributed by atoms with Crippen LogP contribution in [0.3, 0.4) is 0 Å². The Morgan fingerprint density at radius 2 is 1.43 bits per heavy atom. The molecular weight excluding hydrogens is 468 g/mol. The van der Waals surface area contributed by atoms with Gasteiger partial charge in [-0.3, -0.25) is 0 Å². The van der Waals surface area contributed by atoms with Crippen LogP contribution in [0.25, 0.3) is 19.5 Å². The van der Waals surface area contributed by atoms with E-state index in [9.17, 15) is 10.5 Å². The zero-order chi connectivity index (χ0) is 19.9. The van der Waals surface area contributed by atoms with E-state index in [0.717, 1.165) is 31.3 Å². The minimum atomic E-state index is 0.550. The van der Waals surface area contributed by atoms with E-state index >= 15 is 0 Å². The average Bonchev–Trinajstić information content (AvgIpc) is 3.41. The van der Waals surface area contributed by atoms with Crippen LogP contribution in [0.15, 0.2) is 28.1 Å². The van der Waals surface area contributed by atoms with Gasteiger partial charge in [-0.15, -0.1) is 34.0 Å². The standard InChI is InChI=1S/C22H21BrN2S3/c1-2-3-4-5-6-7-8-17-15(13-24)16(14-25)22(28-17)20-10-9-18(26-20)19-11-12-21(23)27-19/h9-12H,2-8H2,1H3. The number of nitriles is 2. The summed E-state index contributed by atoms with van der Waals surface area (Å²) in [5.74, 6) is 0. The molecule has 0 unspecified atom stereocenters. The van der Waals surface area contributed by atoms with Crippen LogP contribution in [-0.2, 0) is 6.42 Å². The van der Waals surface area contributed by atoms with E-state index in [-0.39, 0.29) is 0 Å². The van der Waals surface area contributed by atoms with E-state index < -0.39 is 0 Å². The van der Waals surface area contributed by atoms with Crippen molar-refractivity contribution in [1.29, 1.82) is 10.5 Å². The van der Waals surface area contributed by atoms with E-state index in [1.807, 2.05) is 0 Å². The minimum Gasteiger partial charge on any atom is -0.192 e. The highest BCUT2D eigenvalue weighted by atomic mass is 79.9. The van der Waals surface area contributed by atoms with Crippen LogP contribution in [0.5, 0.6) is 0 Å². The summed E-state index contributed by atoms with van der Waals surface area (Å²) in [6.45, 7) is 2.23. The van der Waals surface area contributed by atoms with Crippen LogP contribution in [0.1, 0.15) is 61.5 Å². The number of halogens is 1. The smallest absolute Gasteiger partial charge is 0.102 e. The Hall–Kier alpha value is -1.44. The van der Waals surface area contributed by atoms with Crippen LogP contribution in [0.4, 0.5) is 0 Å². The topological polar surface area (TPSA) is 47.6 Å². The maximum atomic E-state index is 9.71. The van der Waals surface area contributed by atoms with Crippen LogP contribution < -0.4 is 0 Å². The Labute approximate surface area is 187 Å². The van der Waals surface area contributed by atoms with Gasteiger partial charge in [-0.1, -0.05) is 39.0 Å². The number of hydrogen-bond acceptors (Lipinski definition) is 5. The van der Waals surface area contributed by atoms with Gasteiger partial charge in [0.25, 0.3) is 0 Å². The van der Waals surface area contributed by atoms with Crippen molar-refractivity contribution in [3.63, 3.8) is 0 Å². The van der Waals surface area contributed by atoms with Gasteiger partial charge in [-0.25, -0.2) is 0 Å². The van der Waals surface area contributed by atoms with Crippen molar-refractivity contribution in [1.82, 2.24) is 0 Å². The summed E-state index contributed by atoms with van der Waals surface area (Å²) >= 11 is 8.54. The van der Waals surface area contributed by atoms with Gasteiger partial charge in [0.05, 0.1) is 19.8 Å². The summed E-state index contributed by atoms with van der Waals surface area (Å²) in [4.78, 5) is 5.50. The molecular formula is C22H21BrN2S3. The molecule has 3 aromatic rings. The maximum absolute atomic E-state index is 9.71. The number of rotatable bonds is 9. The lowest BCUT2D eigenvalue weighted by Crippen LogP contribution is -1.87. The van der Waals surface area contributed by atoms with E-state index in [1.165, 1.54) is 41.9 Å². The Bertz CT molecular complexity index is 1010. The largest absolute Gasteiger partial charge is 0.192 e. The lowest BCUT2D eigenvalue weighted by Gasteiger charge is -2.00. The van der Waals surface area contributed by atoms with Gasteiger partial charge in [0.15, 0.2) is 0 Å². The molecule has 0 aromatic carbocycles. The lowest BCUT2D eigenvalue weighted by atomic mass is 10.0. The van der Waals surface area contributed by atoms with Crippen molar-refractivity contribution in [3.8, 4) is 31.6 Å². The SMILES string of the molecule is CCCCCCCCc1sc(-c2ccc(-c3ccc(Br)s3)s2)c(C#N)c1C#N. The van der Waals surface area contributed by atoms with Crippen LogP contribution >= 0.6 is 49.9 Å². The summed E-state index contributed by atoms with van der Waals surface area (Å²) in [7, 11) is 0. The first kappa shape index (κ1) is 21.3. The minimum absolute atomic E-state index is 0.550. The molecule has 28 heavy (non-hydrogen) atoms. The number of thiophene rings is 3. The normalized spacial score (nSPS) is 10.7. The highest BCUT2D eigenvalue weighted by Crippen LogP contribution is 2.44. The fourth-order valence-electron chi connectivity index (χ4n) is 3.16. The third-order valence-corrected chi connectivity index (χ3v) is 8.94. The molecule has 0 aliphatic carbocycles. The fraction of sp³-hybridized carbons (Fsp3) is 0.364. The Kier molecular flexibility index (Phi) is 7.88. The monoisotopic (exact) mass is 488 g/mol. The highest BCUT2D eigenvalue weighted by Gasteiger charge is 2.20. The molecule has 0 N–H and O–H groups in total. The molecule has 0 saturated heterocycles. The zero-order valence-corrected chi connectivity index (χ0v) is 19.8. The van der Waals surface area contributed by atoms with Crippen molar-refractivity contribution in [2.24, 2.45) is 0 Å². The lowest BCUT2D eigenvalue weighted by molar-refractivity contribution is 0.609. The van der Waals surface area contributed by atoms with Crippen LogP contribution in [-0.4, -0.2) is 0 Å². The Balaban J connectivity index is 1.80. The molecule has 6 heteroatoms. The number of hydrogen-bond donors (Lipinski definition) is 0. The van der Waals surface area contributed by atoms with Crippen molar-refractivity contribution >= 4 is 49.9 Å². The van der Waals surface area contributed by atoms with Crippen molar-refractivity contribution < 1.29 is 0 Å². The molecule has 0 atom stereocenters. The molecule has 0 fully saturated rings. The second kappa shape index (κ2) is 10.4. The second-order valence-electron chi connectivity index (χ2n) is 6.61. The quantitative estimate of drug-likeness (QED) is 0.283. The molecule has 0 radical (unpaired) electrons. The van der Waals surface area contributed by atoms with Gasteiger partial charge in [0.2, 0.25) is 0 Å². The molecule has 0 spiro atoms. The van der Waals surface area contributed by atoms with E-state index in [4.69, 9.17) is 0 Å². The molecule has 3 heterocycles. The summed E-state index contributed by atoms with van der Waals surface area (Å²) < 4.78 is 1.11. The molecule has 0 aliphatic rings. The van der Waals surface area contributed by atoms with Crippen molar-refractivity contribution in [2.75, 3.05) is 0 Å². The Morgan fingerprint density at radius 1 is 0.786 bits per heavy atom. The van der Waals surface area contributed by atoms with Gasteiger partial charge < -0.3 is 0 Å². The summed E-state index contributed by atoms with van der Waals surface area (Å²) in [6.07, 6.45) is 8.26. The molecule has 2 nitrogen and oxygen atoms in total. The first-order chi connectivity index (χ1) is 13.7. The molecule has 3 aromatic heterocycles. The highest BCUT2D eigenvalue weighted by molar-refractivity contribution is 9.11. The van der Waals surface area contributed by atoms with Crippen LogP contribution in [0, 0.1) is 22.7 Å². The second-order valence-corrected chi connectivity index (χ2v) is 11.3. The molecule has 0 amide bonds. The number of unbranched alkanes of at least 4 members (excludes halogenated alkanes) is 5. The van der Waals surface area contributed by atoms with Gasteiger partial charge in [-0.05, 0) is 53.0 Å². The van der Waals surface area contributed by atoms with Gasteiger partial charge in [0.1, 0.15) is 12.1 Å². The predicted molar refractivity (Wildman–Crippen MR) is 125 cm³/mol. The number of nitrogens with zero attached hydrogens (tertiary/aromatic N) is 2. The molecule has 3 rings (SSSR count). The third kappa shape index (κ3) is 4.93. The molecule has 0 aliphatic heterocycles. The molecule has 0 saturated carbocycles. The first-order valence-electron chi connectivity index (χ1n) is 9.49. The van der Waals surface area contributed by atoms with Crippen molar-refractivity contribution in [2.45, 2.75) is 51.9 Å². The van der Waals surface area contributed by atoms with Gasteiger partial charge >= 0.3 is 0 Å². The van der Waals surface area contributed by atoms with E-state index in [1.54, 1.807) is 34.0 Å². The predicted octanol–water partition coefficient (Wildman–Crippen LogP) is 8.61. The first-order valence-corrected chi connectivity index (χ1v) is 12.7. The fourth-order valence-corrected chi connectivity index (χ4v) is 7.00. The zero-order valence-electron chi connectivity index (χ0n) is 15.8. The van der Waals surface area contributed by atoms with Crippen LogP contribution in [0.2, 0.25) is 0 Å². The maximum Gasteiger partial charge on any atom is 0.102 e. The van der Waals surface area contributed by atoms with Crippen molar-refractivity contribution in [3.05, 3.63) is 44.1 Å². The number of aryl methyl sites for hydroxylation is 1. The van der Waals surface area contributed by atoms with Gasteiger partial charge in [-0.2, -0.15) is 10.5 Å². The molecule has 0 bridgehead atoms. The summed E-state index contributed by atoms with van der Waals surface area (Å²) in [5, 5.41) is 19.4. The Morgan fingerprint density at radius 3 is 2.11 bits per heavy atom. The summed E-state index contributed by atoms with van der Waals surface area (Å²) in [6, 6.07) is 12.9. The average molecular weight is 490 g/mol.